The molecular weight excluding hydrogens is 258 g/mol. The van der Waals surface area contributed by atoms with Crippen molar-refractivity contribution >= 4 is 11.8 Å². The van der Waals surface area contributed by atoms with E-state index in [1.807, 2.05) is 6.07 Å². The van der Waals surface area contributed by atoms with E-state index in [-0.39, 0.29) is 24.5 Å². The molecule has 0 aromatic heterocycles. The molecule has 2 N–H and O–H groups in total. The average Bonchev–Trinajstić information content (AvgIpc) is 2.89. The molecule has 0 aliphatic carbocycles. The summed E-state index contributed by atoms with van der Waals surface area (Å²) < 4.78 is 5.29. The Morgan fingerprint density at radius 3 is 2.80 bits per heavy atom. The average molecular weight is 273 g/mol. The number of hydrogen-bond acceptors (Lipinski definition) is 4. The zero-order chi connectivity index (χ0) is 14.4. The Balaban J connectivity index is 1.69. The molecule has 0 radical (unpaired) electrons. The topological polar surface area (TPSA) is 91.2 Å². The van der Waals surface area contributed by atoms with Crippen molar-refractivity contribution in [3.8, 4) is 11.8 Å². The molecule has 6 nitrogen and oxygen atoms in total. The summed E-state index contributed by atoms with van der Waals surface area (Å²) in [4.78, 5) is 22.6. The van der Waals surface area contributed by atoms with Gasteiger partial charge in [0.15, 0.2) is 6.61 Å². The first kappa shape index (κ1) is 13.9. The third-order valence-corrected chi connectivity index (χ3v) is 2.98. The van der Waals surface area contributed by atoms with Crippen molar-refractivity contribution in [3.63, 3.8) is 0 Å². The summed E-state index contributed by atoms with van der Waals surface area (Å²) in [7, 11) is 0. The zero-order valence-corrected chi connectivity index (χ0v) is 10.9. The molecule has 0 bridgehead atoms. The summed E-state index contributed by atoms with van der Waals surface area (Å²) in [5.41, 5.74) is 0.541. The van der Waals surface area contributed by atoms with Gasteiger partial charge in [-0.05, 0) is 30.7 Å². The number of amides is 2. The number of ether oxygens (including phenoxy) is 1. The van der Waals surface area contributed by atoms with E-state index in [9.17, 15) is 9.59 Å². The fourth-order valence-corrected chi connectivity index (χ4v) is 1.89. The highest BCUT2D eigenvalue weighted by atomic mass is 16.5. The van der Waals surface area contributed by atoms with Crippen molar-refractivity contribution in [3.05, 3.63) is 29.8 Å². The predicted molar refractivity (Wildman–Crippen MR) is 70.8 cm³/mol. The second-order valence-corrected chi connectivity index (χ2v) is 4.53. The molecule has 0 spiro atoms. The van der Waals surface area contributed by atoms with Crippen LogP contribution in [0.3, 0.4) is 0 Å². The third kappa shape index (κ3) is 3.99. The normalized spacial score (nSPS) is 17.1. The van der Waals surface area contributed by atoms with E-state index in [4.69, 9.17) is 10.00 Å². The van der Waals surface area contributed by atoms with Gasteiger partial charge in [-0.1, -0.05) is 0 Å². The van der Waals surface area contributed by atoms with Crippen molar-refractivity contribution in [2.24, 2.45) is 0 Å². The molecule has 2 rings (SSSR count). The Kier molecular flexibility index (Phi) is 4.56. The minimum atomic E-state index is -0.240. The minimum Gasteiger partial charge on any atom is -0.484 e. The summed E-state index contributed by atoms with van der Waals surface area (Å²) in [5.74, 6) is 0.321. The second kappa shape index (κ2) is 6.57. The summed E-state index contributed by atoms with van der Waals surface area (Å²) in [6, 6.07) is 8.56. The number of nitrogens with one attached hydrogen (secondary N) is 2. The molecular formula is C14H15N3O3. The summed E-state index contributed by atoms with van der Waals surface area (Å²) in [6.45, 7) is 0.327. The largest absolute Gasteiger partial charge is 0.484 e. The number of carbonyl (C=O) groups is 2. The number of hydrogen-bond donors (Lipinski definition) is 2. The Bertz CT molecular complexity index is 534. The van der Waals surface area contributed by atoms with Gasteiger partial charge in [0.2, 0.25) is 5.91 Å². The monoisotopic (exact) mass is 273 g/mol. The standard InChI is InChI=1S/C14H15N3O3/c15-7-10-1-4-12(5-2-10)20-9-14(19)16-8-11-3-6-13(18)17-11/h1-2,4-5,11H,3,6,8-9H2,(H,16,19)(H,17,18). The van der Waals surface area contributed by atoms with Crippen LogP contribution >= 0.6 is 0 Å². The molecule has 104 valence electrons. The van der Waals surface area contributed by atoms with Crippen molar-refractivity contribution in [2.75, 3.05) is 13.2 Å². The lowest BCUT2D eigenvalue weighted by Gasteiger charge is -2.11. The SMILES string of the molecule is N#Cc1ccc(OCC(=O)NCC2CCC(=O)N2)cc1. The molecule has 0 saturated carbocycles. The number of carbonyl (C=O) groups excluding carboxylic acids is 2. The van der Waals surface area contributed by atoms with Crippen LogP contribution in [0.4, 0.5) is 0 Å². The van der Waals surface area contributed by atoms with Gasteiger partial charge in [0.05, 0.1) is 11.6 Å². The van der Waals surface area contributed by atoms with E-state index < -0.39 is 0 Å². The Hall–Kier alpha value is -2.55. The van der Waals surface area contributed by atoms with Gasteiger partial charge in [-0.25, -0.2) is 0 Å². The van der Waals surface area contributed by atoms with Crippen LogP contribution < -0.4 is 15.4 Å². The first-order chi connectivity index (χ1) is 9.67. The van der Waals surface area contributed by atoms with Crippen LogP contribution in [0.25, 0.3) is 0 Å². The number of rotatable bonds is 5. The molecule has 20 heavy (non-hydrogen) atoms. The smallest absolute Gasteiger partial charge is 0.258 e. The van der Waals surface area contributed by atoms with Crippen LogP contribution in [-0.2, 0) is 9.59 Å². The number of nitrogens with zero attached hydrogens (tertiary/aromatic N) is 1. The molecule has 2 amide bonds. The maximum atomic E-state index is 11.6. The molecule has 1 atom stereocenters. The van der Waals surface area contributed by atoms with Crippen LogP contribution in [0, 0.1) is 11.3 Å². The highest BCUT2D eigenvalue weighted by molar-refractivity contribution is 5.79. The molecule has 1 fully saturated rings. The molecule has 1 aliphatic heterocycles. The van der Waals surface area contributed by atoms with Gasteiger partial charge in [0, 0.05) is 19.0 Å². The van der Waals surface area contributed by atoms with E-state index in [0.717, 1.165) is 6.42 Å². The van der Waals surface area contributed by atoms with E-state index in [2.05, 4.69) is 10.6 Å². The van der Waals surface area contributed by atoms with Crippen molar-refractivity contribution in [1.29, 1.82) is 5.26 Å². The Labute approximate surface area is 116 Å². The van der Waals surface area contributed by atoms with Gasteiger partial charge in [-0.2, -0.15) is 5.26 Å². The van der Waals surface area contributed by atoms with Gasteiger partial charge in [0.1, 0.15) is 5.75 Å². The Morgan fingerprint density at radius 2 is 2.20 bits per heavy atom. The summed E-state index contributed by atoms with van der Waals surface area (Å²) in [5, 5.41) is 14.1. The molecule has 1 heterocycles. The quantitative estimate of drug-likeness (QED) is 0.809. The summed E-state index contributed by atoms with van der Waals surface area (Å²) >= 11 is 0. The highest BCUT2D eigenvalue weighted by Crippen LogP contribution is 2.11. The minimum absolute atomic E-state index is 0.0152. The first-order valence-electron chi connectivity index (χ1n) is 6.36. The summed E-state index contributed by atoms with van der Waals surface area (Å²) in [6.07, 6.45) is 1.26. The van der Waals surface area contributed by atoms with Crippen molar-refractivity contribution in [2.45, 2.75) is 18.9 Å². The number of nitriles is 1. The van der Waals surface area contributed by atoms with Crippen molar-refractivity contribution < 1.29 is 14.3 Å². The van der Waals surface area contributed by atoms with E-state index in [0.29, 0.717) is 24.3 Å². The van der Waals surface area contributed by atoms with Crippen LogP contribution in [0.2, 0.25) is 0 Å². The van der Waals surface area contributed by atoms with Crippen molar-refractivity contribution in [1.82, 2.24) is 10.6 Å². The second-order valence-electron chi connectivity index (χ2n) is 4.53. The molecule has 1 aromatic carbocycles. The lowest BCUT2D eigenvalue weighted by Crippen LogP contribution is -2.40. The first-order valence-corrected chi connectivity index (χ1v) is 6.36. The lowest BCUT2D eigenvalue weighted by molar-refractivity contribution is -0.123. The fourth-order valence-electron chi connectivity index (χ4n) is 1.89. The highest BCUT2D eigenvalue weighted by Gasteiger charge is 2.20. The molecule has 6 heteroatoms. The van der Waals surface area contributed by atoms with Crippen LogP contribution in [0.5, 0.6) is 5.75 Å². The van der Waals surface area contributed by atoms with Gasteiger partial charge in [-0.15, -0.1) is 0 Å². The molecule has 1 aromatic rings. The maximum Gasteiger partial charge on any atom is 0.258 e. The van der Waals surface area contributed by atoms with Gasteiger partial charge in [0.25, 0.3) is 5.91 Å². The van der Waals surface area contributed by atoms with Crippen LogP contribution in [0.1, 0.15) is 18.4 Å². The van der Waals surface area contributed by atoms with E-state index in [1.165, 1.54) is 0 Å². The predicted octanol–water partition coefficient (Wildman–Crippen LogP) is 0.332. The van der Waals surface area contributed by atoms with E-state index >= 15 is 0 Å². The maximum absolute atomic E-state index is 11.6. The number of benzene rings is 1. The van der Waals surface area contributed by atoms with Crippen LogP contribution in [-0.4, -0.2) is 31.0 Å². The van der Waals surface area contributed by atoms with Gasteiger partial charge >= 0.3 is 0 Å². The fraction of sp³-hybridized carbons (Fsp3) is 0.357. The Morgan fingerprint density at radius 1 is 1.45 bits per heavy atom. The van der Waals surface area contributed by atoms with Gasteiger partial charge < -0.3 is 15.4 Å². The molecule has 1 aliphatic rings. The molecule has 1 saturated heterocycles. The van der Waals surface area contributed by atoms with Crippen LogP contribution in [0.15, 0.2) is 24.3 Å². The lowest BCUT2D eigenvalue weighted by atomic mass is 10.2. The molecule has 1 unspecified atom stereocenters. The zero-order valence-electron chi connectivity index (χ0n) is 10.9. The van der Waals surface area contributed by atoms with Gasteiger partial charge in [-0.3, -0.25) is 9.59 Å². The third-order valence-electron chi connectivity index (χ3n) is 2.98. The van der Waals surface area contributed by atoms with E-state index in [1.54, 1.807) is 24.3 Å².